The number of nitrogens with zero attached hydrogens (tertiary/aromatic N) is 1. The van der Waals surface area contributed by atoms with Crippen LogP contribution in [0.25, 0.3) is 0 Å². The van der Waals surface area contributed by atoms with E-state index in [0.29, 0.717) is 6.42 Å². The molecule has 6 heteroatoms. The molecule has 0 amide bonds. The van der Waals surface area contributed by atoms with Crippen molar-refractivity contribution in [1.29, 1.82) is 5.26 Å². The van der Waals surface area contributed by atoms with E-state index in [0.717, 1.165) is 12.1 Å². The molecule has 1 aromatic carbocycles. The fourth-order valence-electron chi connectivity index (χ4n) is 1.53. The van der Waals surface area contributed by atoms with Crippen molar-refractivity contribution >= 4 is 9.84 Å². The fourth-order valence-corrected chi connectivity index (χ4v) is 3.25. The summed E-state index contributed by atoms with van der Waals surface area (Å²) < 4.78 is 36.7. The Balaban J connectivity index is 2.97. The van der Waals surface area contributed by atoms with E-state index in [1.54, 1.807) is 6.92 Å². The van der Waals surface area contributed by atoms with Gasteiger partial charge in [0.05, 0.1) is 23.1 Å². The first-order valence-corrected chi connectivity index (χ1v) is 7.34. The molecule has 0 aromatic heterocycles. The maximum atomic E-state index is 13.1. The van der Waals surface area contributed by atoms with Crippen LogP contribution in [-0.4, -0.2) is 20.2 Å². The summed E-state index contributed by atoms with van der Waals surface area (Å²) in [4.78, 5) is 0. The molecule has 18 heavy (non-hydrogen) atoms. The zero-order chi connectivity index (χ0) is 13.8. The van der Waals surface area contributed by atoms with Gasteiger partial charge in [0.1, 0.15) is 5.82 Å². The van der Waals surface area contributed by atoms with Crippen molar-refractivity contribution in [3.63, 3.8) is 0 Å². The molecule has 4 nitrogen and oxygen atoms in total. The van der Waals surface area contributed by atoms with E-state index < -0.39 is 21.7 Å². The number of nitrogens with two attached hydrogens (primary N) is 1. The molecule has 1 atom stereocenters. The van der Waals surface area contributed by atoms with Crippen LogP contribution in [0.3, 0.4) is 0 Å². The lowest BCUT2D eigenvalue weighted by molar-refractivity contribution is 0.582. The van der Waals surface area contributed by atoms with Gasteiger partial charge in [-0.15, -0.1) is 0 Å². The van der Waals surface area contributed by atoms with Crippen LogP contribution in [0.1, 0.15) is 24.5 Å². The third kappa shape index (κ3) is 4.09. The van der Waals surface area contributed by atoms with Gasteiger partial charge in [0.15, 0.2) is 9.84 Å². The summed E-state index contributed by atoms with van der Waals surface area (Å²) in [6, 6.07) is 4.90. The van der Waals surface area contributed by atoms with Crippen molar-refractivity contribution in [1.82, 2.24) is 0 Å². The average molecular weight is 270 g/mol. The van der Waals surface area contributed by atoms with Gasteiger partial charge in [-0.05, 0) is 30.2 Å². The minimum atomic E-state index is -3.44. The highest BCUT2D eigenvalue weighted by molar-refractivity contribution is 7.90. The first-order valence-electron chi connectivity index (χ1n) is 5.52. The fraction of sp³-hybridized carbons (Fsp3) is 0.417. The standard InChI is InChI=1S/C12H15FN2O2S/c1-2-12(15)8-18(16,17)7-10-5-11(13)4-3-9(10)6-14/h3-5,12H,2,7-8,15H2,1H3. The van der Waals surface area contributed by atoms with Crippen LogP contribution >= 0.6 is 0 Å². The van der Waals surface area contributed by atoms with Crippen LogP contribution in [0.15, 0.2) is 18.2 Å². The van der Waals surface area contributed by atoms with Crippen LogP contribution in [0.2, 0.25) is 0 Å². The summed E-state index contributed by atoms with van der Waals surface area (Å²) in [5.41, 5.74) is 5.95. The predicted octanol–water partition coefficient (Wildman–Crippen LogP) is 1.35. The molecule has 0 fully saturated rings. The highest BCUT2D eigenvalue weighted by Crippen LogP contribution is 2.15. The first kappa shape index (κ1) is 14.6. The molecule has 0 aliphatic heterocycles. The molecule has 1 rings (SSSR count). The molecular weight excluding hydrogens is 255 g/mol. The molecule has 0 saturated carbocycles. The number of halogens is 1. The molecule has 0 aliphatic rings. The molecule has 1 aromatic rings. The second-order valence-electron chi connectivity index (χ2n) is 4.14. The van der Waals surface area contributed by atoms with E-state index in [1.165, 1.54) is 6.07 Å². The van der Waals surface area contributed by atoms with Gasteiger partial charge in [-0.2, -0.15) is 5.26 Å². The predicted molar refractivity (Wildman–Crippen MR) is 66.9 cm³/mol. The van der Waals surface area contributed by atoms with Gasteiger partial charge in [-0.25, -0.2) is 12.8 Å². The number of hydrogen-bond acceptors (Lipinski definition) is 4. The summed E-state index contributed by atoms with van der Waals surface area (Å²) in [7, 11) is -3.44. The topological polar surface area (TPSA) is 84.0 Å². The highest BCUT2D eigenvalue weighted by atomic mass is 32.2. The van der Waals surface area contributed by atoms with E-state index in [9.17, 15) is 12.8 Å². The molecule has 0 radical (unpaired) electrons. The monoisotopic (exact) mass is 270 g/mol. The van der Waals surface area contributed by atoms with Gasteiger partial charge >= 0.3 is 0 Å². The summed E-state index contributed by atoms with van der Waals surface area (Å²) in [6.45, 7) is 1.79. The second kappa shape index (κ2) is 5.94. The third-order valence-corrected chi connectivity index (χ3v) is 4.24. The third-order valence-electron chi connectivity index (χ3n) is 2.56. The van der Waals surface area contributed by atoms with Crippen molar-refractivity contribution in [3.8, 4) is 6.07 Å². The van der Waals surface area contributed by atoms with Crippen LogP contribution in [-0.2, 0) is 15.6 Å². The molecule has 1 unspecified atom stereocenters. The van der Waals surface area contributed by atoms with Crippen LogP contribution in [0.4, 0.5) is 4.39 Å². The number of rotatable bonds is 5. The van der Waals surface area contributed by atoms with Crippen LogP contribution < -0.4 is 5.73 Å². The molecule has 2 N–H and O–H groups in total. The number of benzene rings is 1. The Morgan fingerprint density at radius 2 is 2.17 bits per heavy atom. The van der Waals surface area contributed by atoms with Crippen LogP contribution in [0.5, 0.6) is 0 Å². The maximum absolute atomic E-state index is 13.1. The van der Waals surface area contributed by atoms with Crippen molar-refractivity contribution < 1.29 is 12.8 Å². The Morgan fingerprint density at radius 3 is 2.72 bits per heavy atom. The lowest BCUT2D eigenvalue weighted by Gasteiger charge is -2.10. The van der Waals surface area contributed by atoms with E-state index >= 15 is 0 Å². The van der Waals surface area contributed by atoms with Gasteiger partial charge < -0.3 is 5.73 Å². The smallest absolute Gasteiger partial charge is 0.156 e. The second-order valence-corrected chi connectivity index (χ2v) is 6.25. The molecule has 0 aliphatic carbocycles. The van der Waals surface area contributed by atoms with E-state index in [-0.39, 0.29) is 22.6 Å². The first-order chi connectivity index (χ1) is 8.38. The lowest BCUT2D eigenvalue weighted by Crippen LogP contribution is -2.29. The maximum Gasteiger partial charge on any atom is 0.156 e. The van der Waals surface area contributed by atoms with Gasteiger partial charge in [-0.1, -0.05) is 6.92 Å². The van der Waals surface area contributed by atoms with E-state index in [1.807, 2.05) is 6.07 Å². The molecule has 0 saturated heterocycles. The quantitative estimate of drug-likeness (QED) is 0.875. The number of hydrogen-bond donors (Lipinski definition) is 1. The van der Waals surface area contributed by atoms with Crippen molar-refractivity contribution in [2.45, 2.75) is 25.1 Å². The van der Waals surface area contributed by atoms with Crippen molar-refractivity contribution in [2.24, 2.45) is 5.73 Å². The largest absolute Gasteiger partial charge is 0.327 e. The molecule has 0 heterocycles. The molecule has 98 valence electrons. The van der Waals surface area contributed by atoms with Crippen molar-refractivity contribution in [2.75, 3.05) is 5.75 Å². The van der Waals surface area contributed by atoms with Gasteiger partial charge in [0.25, 0.3) is 0 Å². The Bertz CT molecular complexity index is 564. The zero-order valence-corrected chi connectivity index (χ0v) is 10.9. The zero-order valence-electron chi connectivity index (χ0n) is 10.1. The molecule has 0 spiro atoms. The normalized spacial score (nSPS) is 13.0. The molecule has 0 bridgehead atoms. The Morgan fingerprint density at radius 1 is 1.50 bits per heavy atom. The lowest BCUT2D eigenvalue weighted by atomic mass is 10.1. The summed E-state index contributed by atoms with van der Waals surface area (Å²) in [5, 5.41) is 8.84. The van der Waals surface area contributed by atoms with E-state index in [2.05, 4.69) is 0 Å². The highest BCUT2D eigenvalue weighted by Gasteiger charge is 2.18. The van der Waals surface area contributed by atoms with Gasteiger partial charge in [-0.3, -0.25) is 0 Å². The van der Waals surface area contributed by atoms with Crippen molar-refractivity contribution in [3.05, 3.63) is 35.1 Å². The average Bonchev–Trinajstić information content (AvgIpc) is 2.28. The van der Waals surface area contributed by atoms with Gasteiger partial charge in [0.2, 0.25) is 0 Å². The van der Waals surface area contributed by atoms with Crippen LogP contribution in [0, 0.1) is 17.1 Å². The Kier molecular flexibility index (Phi) is 4.82. The number of nitriles is 1. The summed E-state index contributed by atoms with van der Waals surface area (Å²) >= 11 is 0. The van der Waals surface area contributed by atoms with Gasteiger partial charge in [0, 0.05) is 6.04 Å². The Hall–Kier alpha value is -1.45. The summed E-state index contributed by atoms with van der Waals surface area (Å²) in [5.74, 6) is -1.08. The minimum Gasteiger partial charge on any atom is -0.327 e. The Labute approximate surface area is 106 Å². The SMILES string of the molecule is CCC(N)CS(=O)(=O)Cc1cc(F)ccc1C#N. The number of sulfone groups is 1. The summed E-state index contributed by atoms with van der Waals surface area (Å²) in [6.07, 6.45) is 0.549. The van der Waals surface area contributed by atoms with E-state index in [4.69, 9.17) is 11.0 Å². The molecular formula is C12H15FN2O2S. The minimum absolute atomic E-state index is 0.162.